The molecule has 0 fully saturated rings. The van der Waals surface area contributed by atoms with Crippen LogP contribution in [0.1, 0.15) is 32.8 Å². The summed E-state index contributed by atoms with van der Waals surface area (Å²) in [5.41, 5.74) is 0.889. The number of hydrogen-bond donors (Lipinski definition) is 1. The summed E-state index contributed by atoms with van der Waals surface area (Å²) in [6.07, 6.45) is 0.876. The highest BCUT2D eigenvalue weighted by atomic mass is 35.5. The predicted octanol–water partition coefficient (Wildman–Crippen LogP) is 3.43. The van der Waals surface area contributed by atoms with Crippen LogP contribution in [0, 0.1) is 0 Å². The fourth-order valence-electron chi connectivity index (χ4n) is 2.04. The molecule has 0 spiro atoms. The van der Waals surface area contributed by atoms with E-state index in [-0.39, 0.29) is 12.6 Å². The van der Waals surface area contributed by atoms with Gasteiger partial charge in [-0.2, -0.15) is 0 Å². The minimum Gasteiger partial charge on any atom is -0.493 e. The third-order valence-corrected chi connectivity index (χ3v) is 3.47. The number of aliphatic carboxylic acids is 1. The molecule has 1 aromatic carbocycles. The van der Waals surface area contributed by atoms with E-state index in [0.29, 0.717) is 29.7 Å². The van der Waals surface area contributed by atoms with Gasteiger partial charge in [0.05, 0.1) is 25.3 Å². The van der Waals surface area contributed by atoms with Gasteiger partial charge in [0.15, 0.2) is 11.5 Å². The van der Waals surface area contributed by atoms with Gasteiger partial charge in [0.2, 0.25) is 0 Å². The third kappa shape index (κ3) is 5.39. The van der Waals surface area contributed by atoms with Crippen LogP contribution in [0.25, 0.3) is 0 Å². The molecule has 0 aliphatic rings. The van der Waals surface area contributed by atoms with Gasteiger partial charge in [0.25, 0.3) is 0 Å². The Morgan fingerprint density at radius 3 is 2.59 bits per heavy atom. The summed E-state index contributed by atoms with van der Waals surface area (Å²) >= 11 is 6.28. The Labute approximate surface area is 136 Å². The van der Waals surface area contributed by atoms with Gasteiger partial charge < -0.3 is 14.6 Å². The molecule has 0 aliphatic carbocycles. The van der Waals surface area contributed by atoms with Crippen LogP contribution in [0.15, 0.2) is 12.1 Å². The molecule has 0 aliphatic heterocycles. The van der Waals surface area contributed by atoms with Crippen molar-refractivity contribution < 1.29 is 19.4 Å². The van der Waals surface area contributed by atoms with Crippen LogP contribution in [-0.2, 0) is 11.3 Å². The van der Waals surface area contributed by atoms with Crippen molar-refractivity contribution in [3.05, 3.63) is 22.7 Å². The predicted molar refractivity (Wildman–Crippen MR) is 87.0 cm³/mol. The molecule has 5 nitrogen and oxygen atoms in total. The van der Waals surface area contributed by atoms with Crippen molar-refractivity contribution >= 4 is 17.6 Å². The maximum Gasteiger partial charge on any atom is 0.317 e. The number of carboxylic acid groups (broad SMARTS) is 1. The lowest BCUT2D eigenvalue weighted by Gasteiger charge is -2.25. The second kappa shape index (κ2) is 8.86. The molecule has 1 N–H and O–H groups in total. The number of ether oxygens (including phenoxy) is 2. The molecule has 0 unspecified atom stereocenters. The van der Waals surface area contributed by atoms with Crippen LogP contribution in [0.2, 0.25) is 5.02 Å². The highest BCUT2D eigenvalue weighted by Gasteiger charge is 2.17. The summed E-state index contributed by atoms with van der Waals surface area (Å²) in [6.45, 7) is 6.95. The maximum absolute atomic E-state index is 11.0. The molecule has 0 amide bonds. The maximum atomic E-state index is 11.0. The Bertz CT molecular complexity index is 505. The van der Waals surface area contributed by atoms with Crippen LogP contribution in [-0.4, -0.2) is 42.3 Å². The zero-order valence-corrected chi connectivity index (χ0v) is 14.3. The van der Waals surface area contributed by atoms with Crippen molar-refractivity contribution in [2.45, 2.75) is 39.8 Å². The molecule has 124 valence electrons. The Kier molecular flexibility index (Phi) is 7.48. The third-order valence-electron chi connectivity index (χ3n) is 3.19. The van der Waals surface area contributed by atoms with Crippen molar-refractivity contribution in [1.29, 1.82) is 0 Å². The molecule has 22 heavy (non-hydrogen) atoms. The van der Waals surface area contributed by atoms with Gasteiger partial charge in [-0.05, 0) is 38.0 Å². The minimum absolute atomic E-state index is 0.0221. The van der Waals surface area contributed by atoms with E-state index in [2.05, 4.69) is 0 Å². The van der Waals surface area contributed by atoms with E-state index in [9.17, 15) is 4.79 Å². The van der Waals surface area contributed by atoms with Gasteiger partial charge in [-0.25, -0.2) is 0 Å². The monoisotopic (exact) mass is 329 g/mol. The number of hydrogen-bond acceptors (Lipinski definition) is 4. The second-order valence-corrected chi connectivity index (χ2v) is 5.76. The molecule has 6 heteroatoms. The molecule has 0 aromatic heterocycles. The minimum atomic E-state index is -0.852. The lowest BCUT2D eigenvalue weighted by molar-refractivity contribution is -0.138. The fourth-order valence-corrected chi connectivity index (χ4v) is 2.33. The van der Waals surface area contributed by atoms with Crippen LogP contribution in [0.3, 0.4) is 0 Å². The van der Waals surface area contributed by atoms with Crippen molar-refractivity contribution in [1.82, 2.24) is 4.90 Å². The first-order valence-electron chi connectivity index (χ1n) is 7.34. The molecule has 1 rings (SSSR count). The smallest absolute Gasteiger partial charge is 0.317 e. The summed E-state index contributed by atoms with van der Waals surface area (Å²) < 4.78 is 11.0. The first kappa shape index (κ1) is 18.6. The summed E-state index contributed by atoms with van der Waals surface area (Å²) in [5.74, 6) is 0.244. The summed E-state index contributed by atoms with van der Waals surface area (Å²) in [7, 11) is 1.56. The highest BCUT2D eigenvalue weighted by molar-refractivity contribution is 6.32. The average Bonchev–Trinajstić information content (AvgIpc) is 2.44. The highest BCUT2D eigenvalue weighted by Crippen LogP contribution is 2.36. The van der Waals surface area contributed by atoms with E-state index in [1.807, 2.05) is 31.7 Å². The molecule has 0 bridgehead atoms. The number of carboxylic acids is 1. The lowest BCUT2D eigenvalue weighted by Crippen LogP contribution is -2.35. The first-order chi connectivity index (χ1) is 10.4. The van der Waals surface area contributed by atoms with E-state index in [4.69, 9.17) is 26.2 Å². The van der Waals surface area contributed by atoms with E-state index in [1.54, 1.807) is 13.2 Å². The fraction of sp³-hybridized carbons (Fsp3) is 0.562. The molecular formula is C16H24ClNO4. The van der Waals surface area contributed by atoms with Gasteiger partial charge in [0, 0.05) is 12.6 Å². The van der Waals surface area contributed by atoms with E-state index in [1.165, 1.54) is 0 Å². The molecule has 0 heterocycles. The summed E-state index contributed by atoms with van der Waals surface area (Å²) in [6, 6.07) is 3.75. The SMILES string of the molecule is CCCOc1c(Cl)cc(CN(CC(=O)O)C(C)C)cc1OC. The molecule has 0 saturated heterocycles. The molecule has 0 radical (unpaired) electrons. The second-order valence-electron chi connectivity index (χ2n) is 5.35. The van der Waals surface area contributed by atoms with E-state index < -0.39 is 5.97 Å². The largest absolute Gasteiger partial charge is 0.493 e. The Balaban J connectivity index is 3.00. The number of carbonyl (C=O) groups is 1. The number of methoxy groups -OCH3 is 1. The topological polar surface area (TPSA) is 59.0 Å². The number of rotatable bonds is 9. The number of halogens is 1. The summed E-state index contributed by atoms with van der Waals surface area (Å²) in [5, 5.41) is 9.47. The van der Waals surface area contributed by atoms with Gasteiger partial charge in [0.1, 0.15) is 0 Å². The standard InChI is InChI=1S/C16H24ClNO4/c1-5-6-22-16-13(17)7-12(8-14(16)21-4)9-18(11(2)3)10-15(19)20/h7-8,11H,5-6,9-10H2,1-4H3,(H,19,20). The molecular weight excluding hydrogens is 306 g/mol. The van der Waals surface area contributed by atoms with Crippen LogP contribution >= 0.6 is 11.6 Å². The summed E-state index contributed by atoms with van der Waals surface area (Å²) in [4.78, 5) is 12.8. The van der Waals surface area contributed by atoms with Crippen LogP contribution in [0.5, 0.6) is 11.5 Å². The van der Waals surface area contributed by atoms with Gasteiger partial charge in [-0.1, -0.05) is 18.5 Å². The van der Waals surface area contributed by atoms with Crippen molar-refractivity contribution in [2.75, 3.05) is 20.3 Å². The quantitative estimate of drug-likeness (QED) is 0.752. The zero-order chi connectivity index (χ0) is 16.7. The van der Waals surface area contributed by atoms with Gasteiger partial charge >= 0.3 is 5.97 Å². The lowest BCUT2D eigenvalue weighted by atomic mass is 10.1. The average molecular weight is 330 g/mol. The van der Waals surface area contributed by atoms with Crippen LogP contribution in [0.4, 0.5) is 0 Å². The van der Waals surface area contributed by atoms with Gasteiger partial charge in [-0.3, -0.25) is 9.69 Å². The molecule has 1 aromatic rings. The van der Waals surface area contributed by atoms with Crippen LogP contribution < -0.4 is 9.47 Å². The van der Waals surface area contributed by atoms with Crippen molar-refractivity contribution in [3.8, 4) is 11.5 Å². The zero-order valence-electron chi connectivity index (χ0n) is 13.6. The number of nitrogens with zero attached hydrogens (tertiary/aromatic N) is 1. The Morgan fingerprint density at radius 2 is 2.09 bits per heavy atom. The first-order valence-corrected chi connectivity index (χ1v) is 7.71. The molecule has 0 saturated carbocycles. The number of benzene rings is 1. The Morgan fingerprint density at radius 1 is 1.41 bits per heavy atom. The van der Waals surface area contributed by atoms with Crippen molar-refractivity contribution in [2.24, 2.45) is 0 Å². The Hall–Kier alpha value is -1.46. The van der Waals surface area contributed by atoms with E-state index >= 15 is 0 Å². The molecule has 0 atom stereocenters. The van der Waals surface area contributed by atoms with Gasteiger partial charge in [-0.15, -0.1) is 0 Å². The van der Waals surface area contributed by atoms with Crippen molar-refractivity contribution in [3.63, 3.8) is 0 Å². The normalized spacial score (nSPS) is 11.0. The van der Waals surface area contributed by atoms with E-state index in [0.717, 1.165) is 12.0 Å².